The summed E-state index contributed by atoms with van der Waals surface area (Å²) in [4.78, 5) is 11.5. The average molecular weight is 234 g/mol. The van der Waals surface area contributed by atoms with Crippen LogP contribution in [0.1, 0.15) is 19.3 Å². The Labute approximate surface area is 92.7 Å². The van der Waals surface area contributed by atoms with Crippen molar-refractivity contribution in [1.29, 1.82) is 0 Å². The van der Waals surface area contributed by atoms with Crippen LogP contribution in [0.15, 0.2) is 0 Å². The molecule has 2 unspecified atom stereocenters. The van der Waals surface area contributed by atoms with Crippen molar-refractivity contribution in [3.05, 3.63) is 0 Å². The van der Waals surface area contributed by atoms with E-state index >= 15 is 0 Å². The van der Waals surface area contributed by atoms with Gasteiger partial charge < -0.3 is 10.1 Å². The second-order valence-electron chi connectivity index (χ2n) is 4.37. The van der Waals surface area contributed by atoms with Gasteiger partial charge in [-0.1, -0.05) is 0 Å². The maximum atomic E-state index is 12.8. The molecule has 92 valence electrons. The van der Waals surface area contributed by atoms with Gasteiger partial charge in [0, 0.05) is 19.6 Å². The fourth-order valence-corrected chi connectivity index (χ4v) is 2.04. The van der Waals surface area contributed by atoms with Crippen LogP contribution in [-0.2, 0) is 9.53 Å². The number of hydrogen-bond acceptors (Lipinski definition) is 3. The number of hydrogen-bond donors (Lipinski definition) is 2. The summed E-state index contributed by atoms with van der Waals surface area (Å²) in [5, 5.41) is 5.16. The first-order chi connectivity index (χ1) is 7.57. The molecule has 0 aromatic rings. The Morgan fingerprint density at radius 1 is 1.56 bits per heavy atom. The third kappa shape index (κ3) is 2.89. The molecule has 0 spiro atoms. The number of alkyl halides is 2. The molecule has 1 amide bonds. The van der Waals surface area contributed by atoms with Crippen molar-refractivity contribution in [3.63, 3.8) is 0 Å². The monoisotopic (exact) mass is 234 g/mol. The van der Waals surface area contributed by atoms with E-state index in [9.17, 15) is 13.6 Å². The Hall–Kier alpha value is -0.750. The summed E-state index contributed by atoms with van der Waals surface area (Å²) in [6, 6.07) is -0.767. The van der Waals surface area contributed by atoms with E-state index in [1.807, 2.05) is 0 Å². The zero-order chi connectivity index (χ0) is 11.6. The van der Waals surface area contributed by atoms with Crippen LogP contribution in [-0.4, -0.2) is 43.7 Å². The van der Waals surface area contributed by atoms with E-state index in [-0.39, 0.29) is 12.0 Å². The highest BCUT2D eigenvalue weighted by Crippen LogP contribution is 2.25. The van der Waals surface area contributed by atoms with Gasteiger partial charge >= 0.3 is 0 Å². The van der Waals surface area contributed by atoms with Crippen LogP contribution in [0.5, 0.6) is 0 Å². The molecule has 0 aromatic carbocycles. The molecule has 2 fully saturated rings. The van der Waals surface area contributed by atoms with Gasteiger partial charge in [-0.2, -0.15) is 0 Å². The molecule has 2 heterocycles. The second-order valence-corrected chi connectivity index (χ2v) is 4.37. The number of halogens is 2. The summed E-state index contributed by atoms with van der Waals surface area (Å²) in [7, 11) is 0. The second kappa shape index (κ2) is 4.63. The molecule has 0 aromatic heterocycles. The van der Waals surface area contributed by atoms with Gasteiger partial charge in [-0.3, -0.25) is 10.1 Å². The van der Waals surface area contributed by atoms with E-state index < -0.39 is 24.9 Å². The van der Waals surface area contributed by atoms with E-state index in [1.165, 1.54) is 0 Å². The molecule has 0 radical (unpaired) electrons. The van der Waals surface area contributed by atoms with Gasteiger partial charge in [0.25, 0.3) is 5.92 Å². The molecule has 4 nitrogen and oxygen atoms in total. The third-order valence-corrected chi connectivity index (χ3v) is 2.95. The largest absolute Gasteiger partial charge is 0.376 e. The Morgan fingerprint density at radius 2 is 2.38 bits per heavy atom. The minimum atomic E-state index is -2.76. The van der Waals surface area contributed by atoms with E-state index in [2.05, 4.69) is 10.6 Å². The predicted octanol–water partition coefficient (Wildman–Crippen LogP) is 0.279. The van der Waals surface area contributed by atoms with Crippen molar-refractivity contribution in [2.24, 2.45) is 0 Å². The lowest BCUT2D eigenvalue weighted by atomic mass is 10.1. The van der Waals surface area contributed by atoms with Gasteiger partial charge in [-0.25, -0.2) is 8.78 Å². The van der Waals surface area contributed by atoms with Crippen LogP contribution in [0.25, 0.3) is 0 Å². The van der Waals surface area contributed by atoms with E-state index in [4.69, 9.17) is 4.74 Å². The van der Waals surface area contributed by atoms with E-state index in [1.54, 1.807) is 0 Å². The molecule has 6 heteroatoms. The van der Waals surface area contributed by atoms with Crippen molar-refractivity contribution < 1.29 is 18.3 Å². The summed E-state index contributed by atoms with van der Waals surface area (Å²) in [5.74, 6) is -3.11. The fraction of sp³-hybridized carbons (Fsp3) is 0.900. The maximum Gasteiger partial charge on any atom is 0.262 e. The first-order valence-electron chi connectivity index (χ1n) is 5.57. The SMILES string of the molecule is O=C(NCC1CCCO1)C1CC(F)(F)CN1. The standard InChI is InChI=1S/C10H16F2N2O2/c11-10(12)4-8(14-6-10)9(15)13-5-7-2-1-3-16-7/h7-8,14H,1-6H2,(H,13,15). The molecule has 2 atom stereocenters. The van der Waals surface area contributed by atoms with E-state index in [0.29, 0.717) is 6.54 Å². The van der Waals surface area contributed by atoms with Crippen LogP contribution in [0.3, 0.4) is 0 Å². The van der Waals surface area contributed by atoms with Gasteiger partial charge in [0.15, 0.2) is 0 Å². The fourth-order valence-electron chi connectivity index (χ4n) is 2.04. The van der Waals surface area contributed by atoms with Crippen LogP contribution >= 0.6 is 0 Å². The molecular weight excluding hydrogens is 218 g/mol. The molecular formula is C10H16F2N2O2. The Balaban J connectivity index is 1.71. The lowest BCUT2D eigenvalue weighted by Gasteiger charge is -2.14. The highest BCUT2D eigenvalue weighted by molar-refractivity contribution is 5.82. The minimum absolute atomic E-state index is 0.0471. The number of carbonyl (C=O) groups excluding carboxylic acids is 1. The molecule has 2 N–H and O–H groups in total. The number of amides is 1. The predicted molar refractivity (Wildman–Crippen MR) is 53.3 cm³/mol. The smallest absolute Gasteiger partial charge is 0.262 e. The van der Waals surface area contributed by atoms with Crippen molar-refractivity contribution >= 4 is 5.91 Å². The van der Waals surface area contributed by atoms with Crippen LogP contribution in [0.4, 0.5) is 8.78 Å². The van der Waals surface area contributed by atoms with Gasteiger partial charge in [-0.15, -0.1) is 0 Å². The Kier molecular flexibility index (Phi) is 3.39. The summed E-state index contributed by atoms with van der Waals surface area (Å²) < 4.78 is 31.0. The zero-order valence-electron chi connectivity index (χ0n) is 8.97. The molecule has 16 heavy (non-hydrogen) atoms. The number of carbonyl (C=O) groups is 1. The summed E-state index contributed by atoms with van der Waals surface area (Å²) >= 11 is 0. The van der Waals surface area contributed by atoms with Gasteiger partial charge in [0.05, 0.1) is 18.7 Å². The third-order valence-electron chi connectivity index (χ3n) is 2.95. The molecule has 0 bridgehead atoms. The van der Waals surface area contributed by atoms with Crippen molar-refractivity contribution in [2.45, 2.75) is 37.3 Å². The van der Waals surface area contributed by atoms with E-state index in [0.717, 1.165) is 19.4 Å². The molecule has 2 rings (SSSR count). The first kappa shape index (κ1) is 11.7. The molecule has 0 aliphatic carbocycles. The normalized spacial score (nSPS) is 32.9. The molecule has 2 aliphatic rings. The van der Waals surface area contributed by atoms with Gasteiger partial charge in [-0.05, 0) is 12.8 Å². The van der Waals surface area contributed by atoms with Gasteiger partial charge in [0.1, 0.15) is 0 Å². The van der Waals surface area contributed by atoms with Crippen LogP contribution in [0, 0.1) is 0 Å². The van der Waals surface area contributed by atoms with Crippen LogP contribution < -0.4 is 10.6 Å². The topological polar surface area (TPSA) is 50.4 Å². The lowest BCUT2D eigenvalue weighted by Crippen LogP contribution is -2.43. The summed E-state index contributed by atoms with van der Waals surface area (Å²) in [6.07, 6.45) is 1.56. The first-order valence-corrected chi connectivity index (χ1v) is 5.57. The average Bonchev–Trinajstić information content (AvgIpc) is 2.83. The summed E-state index contributed by atoms with van der Waals surface area (Å²) in [5.41, 5.74) is 0. The number of ether oxygens (including phenoxy) is 1. The molecule has 2 saturated heterocycles. The molecule has 0 saturated carbocycles. The zero-order valence-corrected chi connectivity index (χ0v) is 8.97. The molecule has 2 aliphatic heterocycles. The quantitative estimate of drug-likeness (QED) is 0.737. The Morgan fingerprint density at radius 3 is 2.94 bits per heavy atom. The maximum absolute atomic E-state index is 12.8. The Bertz CT molecular complexity index is 268. The van der Waals surface area contributed by atoms with Crippen molar-refractivity contribution in [2.75, 3.05) is 19.7 Å². The summed E-state index contributed by atoms with van der Waals surface area (Å²) in [6.45, 7) is 0.730. The number of nitrogens with one attached hydrogen (secondary N) is 2. The van der Waals surface area contributed by atoms with Gasteiger partial charge in [0.2, 0.25) is 5.91 Å². The van der Waals surface area contributed by atoms with Crippen molar-refractivity contribution in [3.8, 4) is 0 Å². The highest BCUT2D eigenvalue weighted by atomic mass is 19.3. The lowest BCUT2D eigenvalue weighted by molar-refractivity contribution is -0.123. The van der Waals surface area contributed by atoms with Crippen molar-refractivity contribution in [1.82, 2.24) is 10.6 Å². The highest BCUT2D eigenvalue weighted by Gasteiger charge is 2.42. The van der Waals surface area contributed by atoms with Crippen LogP contribution in [0.2, 0.25) is 0 Å². The number of rotatable bonds is 3. The minimum Gasteiger partial charge on any atom is -0.376 e.